The van der Waals surface area contributed by atoms with Gasteiger partial charge in [0.1, 0.15) is 24.2 Å². The van der Waals surface area contributed by atoms with E-state index in [4.69, 9.17) is 11.5 Å². The molecule has 0 heterocycles. The van der Waals surface area contributed by atoms with E-state index in [1.807, 2.05) is 0 Å². The van der Waals surface area contributed by atoms with Gasteiger partial charge in [-0.1, -0.05) is 114 Å². The number of hydrogen-bond donors (Lipinski definition) is 8. The molecule has 0 bridgehead atoms. The molecule has 0 aliphatic rings. The fraction of sp³-hybridized carbons (Fsp3) is 0.732. The SMILES string of the molecule is CCCCCCCCCCCCCCCC(=O)NC(CCCCN)C(=O)NC(C(=O)NC(Cc1ccccc1)C(=O)NC(CCCCN)C(=O)O)C(C)O. The van der Waals surface area contributed by atoms with Crippen LogP contribution in [0.25, 0.3) is 0 Å². The lowest BCUT2D eigenvalue weighted by atomic mass is 10.0. The Hall–Kier alpha value is -3.55. The first-order valence-electron chi connectivity index (χ1n) is 20.6. The van der Waals surface area contributed by atoms with E-state index in [0.29, 0.717) is 57.2 Å². The number of nitrogens with two attached hydrogens (primary N) is 2. The molecule has 10 N–H and O–H groups in total. The van der Waals surface area contributed by atoms with Crippen LogP contribution in [0.1, 0.15) is 148 Å². The van der Waals surface area contributed by atoms with Crippen molar-refractivity contribution in [2.24, 2.45) is 11.5 Å². The summed E-state index contributed by atoms with van der Waals surface area (Å²) in [5, 5.41) is 30.9. The number of benzene rings is 1. The van der Waals surface area contributed by atoms with Crippen molar-refractivity contribution in [1.82, 2.24) is 21.3 Å². The third kappa shape index (κ3) is 22.6. The van der Waals surface area contributed by atoms with Crippen LogP contribution in [0.2, 0.25) is 0 Å². The smallest absolute Gasteiger partial charge is 0.326 e. The number of amides is 4. The maximum atomic E-state index is 13.6. The zero-order valence-electron chi connectivity index (χ0n) is 33.1. The van der Waals surface area contributed by atoms with E-state index in [1.54, 1.807) is 30.3 Å². The average Bonchev–Trinajstić information content (AvgIpc) is 3.14. The second-order valence-corrected chi connectivity index (χ2v) is 14.6. The fourth-order valence-electron chi connectivity index (χ4n) is 6.33. The van der Waals surface area contributed by atoms with Gasteiger partial charge in [-0.15, -0.1) is 0 Å². The number of aliphatic hydroxyl groups excluding tert-OH is 1. The highest BCUT2D eigenvalue weighted by molar-refractivity contribution is 5.95. The maximum absolute atomic E-state index is 13.6. The molecule has 54 heavy (non-hydrogen) atoms. The number of aliphatic carboxylic acids is 1. The molecular formula is C41H72N6O7. The molecule has 308 valence electrons. The van der Waals surface area contributed by atoms with E-state index in [-0.39, 0.29) is 25.2 Å². The number of nitrogens with one attached hydrogen (secondary N) is 4. The Morgan fingerprint density at radius 2 is 1.07 bits per heavy atom. The molecule has 13 heteroatoms. The van der Waals surface area contributed by atoms with Gasteiger partial charge >= 0.3 is 5.97 Å². The lowest BCUT2D eigenvalue weighted by molar-refractivity contribution is -0.142. The van der Waals surface area contributed by atoms with Gasteiger partial charge in [-0.2, -0.15) is 0 Å². The molecule has 0 aliphatic carbocycles. The summed E-state index contributed by atoms with van der Waals surface area (Å²) in [7, 11) is 0. The molecule has 1 aromatic rings. The summed E-state index contributed by atoms with van der Waals surface area (Å²) in [6, 6.07) is 4.07. The molecule has 0 spiro atoms. The molecule has 13 nitrogen and oxygen atoms in total. The quantitative estimate of drug-likeness (QED) is 0.0476. The van der Waals surface area contributed by atoms with Crippen LogP contribution in [0.3, 0.4) is 0 Å². The Morgan fingerprint density at radius 1 is 0.593 bits per heavy atom. The van der Waals surface area contributed by atoms with Gasteiger partial charge in [0.2, 0.25) is 23.6 Å². The number of hydrogen-bond acceptors (Lipinski definition) is 8. The third-order valence-corrected chi connectivity index (χ3v) is 9.65. The van der Waals surface area contributed by atoms with Crippen LogP contribution < -0.4 is 32.7 Å². The molecule has 0 radical (unpaired) electrons. The van der Waals surface area contributed by atoms with Crippen LogP contribution in [-0.4, -0.2) is 83.2 Å². The van der Waals surface area contributed by atoms with Crippen LogP contribution in [0, 0.1) is 0 Å². The van der Waals surface area contributed by atoms with Crippen molar-refractivity contribution in [3.8, 4) is 0 Å². The molecular weight excluding hydrogens is 688 g/mol. The molecule has 0 aliphatic heterocycles. The lowest BCUT2D eigenvalue weighted by Gasteiger charge is -2.27. The molecule has 1 rings (SSSR count). The zero-order valence-corrected chi connectivity index (χ0v) is 33.1. The number of carboxylic acid groups (broad SMARTS) is 1. The highest BCUT2D eigenvalue weighted by Gasteiger charge is 2.33. The topological polar surface area (TPSA) is 226 Å². The minimum absolute atomic E-state index is 0.0327. The van der Waals surface area contributed by atoms with Crippen molar-refractivity contribution in [2.45, 2.75) is 179 Å². The maximum Gasteiger partial charge on any atom is 0.326 e. The predicted octanol–water partition coefficient (Wildman–Crippen LogP) is 4.37. The van der Waals surface area contributed by atoms with Crippen molar-refractivity contribution < 1.29 is 34.2 Å². The first kappa shape index (κ1) is 48.5. The van der Waals surface area contributed by atoms with Crippen LogP contribution >= 0.6 is 0 Å². The normalized spacial score (nSPS) is 13.9. The van der Waals surface area contributed by atoms with Gasteiger partial charge in [0.25, 0.3) is 0 Å². The minimum atomic E-state index is -1.46. The summed E-state index contributed by atoms with van der Waals surface area (Å²) in [4.78, 5) is 65.4. The number of carbonyl (C=O) groups excluding carboxylic acids is 4. The monoisotopic (exact) mass is 761 g/mol. The van der Waals surface area contributed by atoms with Gasteiger partial charge in [0.15, 0.2) is 0 Å². The number of carboxylic acids is 1. The minimum Gasteiger partial charge on any atom is -0.480 e. The van der Waals surface area contributed by atoms with Gasteiger partial charge < -0.3 is 42.9 Å². The van der Waals surface area contributed by atoms with Gasteiger partial charge in [0.05, 0.1) is 6.10 Å². The molecule has 5 unspecified atom stereocenters. The average molecular weight is 761 g/mol. The van der Waals surface area contributed by atoms with E-state index in [1.165, 1.54) is 64.7 Å². The van der Waals surface area contributed by atoms with Gasteiger partial charge in [-0.3, -0.25) is 19.2 Å². The second-order valence-electron chi connectivity index (χ2n) is 14.6. The van der Waals surface area contributed by atoms with Crippen LogP contribution in [-0.2, 0) is 30.4 Å². The number of carbonyl (C=O) groups is 5. The van der Waals surface area contributed by atoms with Gasteiger partial charge in [0, 0.05) is 12.8 Å². The Kier molecular flexibility index (Phi) is 27.6. The van der Waals surface area contributed by atoms with Gasteiger partial charge in [-0.05, 0) is 70.5 Å². The van der Waals surface area contributed by atoms with E-state index in [2.05, 4.69) is 28.2 Å². The van der Waals surface area contributed by atoms with E-state index in [9.17, 15) is 34.2 Å². The van der Waals surface area contributed by atoms with Crippen molar-refractivity contribution in [3.05, 3.63) is 35.9 Å². The van der Waals surface area contributed by atoms with Crippen molar-refractivity contribution in [1.29, 1.82) is 0 Å². The highest BCUT2D eigenvalue weighted by Crippen LogP contribution is 2.14. The zero-order chi connectivity index (χ0) is 40.0. The molecule has 1 aromatic carbocycles. The van der Waals surface area contributed by atoms with Crippen LogP contribution in [0.4, 0.5) is 0 Å². The molecule has 0 fully saturated rings. The number of unbranched alkanes of at least 4 members (excludes halogenated alkanes) is 14. The van der Waals surface area contributed by atoms with E-state index < -0.39 is 54.0 Å². The molecule has 4 amide bonds. The number of rotatable bonds is 33. The van der Waals surface area contributed by atoms with Crippen LogP contribution in [0.5, 0.6) is 0 Å². The highest BCUT2D eigenvalue weighted by atomic mass is 16.4. The van der Waals surface area contributed by atoms with Crippen LogP contribution in [0.15, 0.2) is 30.3 Å². The largest absolute Gasteiger partial charge is 0.480 e. The Bertz CT molecular complexity index is 1190. The summed E-state index contributed by atoms with van der Waals surface area (Å²) in [5.41, 5.74) is 11.9. The summed E-state index contributed by atoms with van der Waals surface area (Å²) in [6.07, 6.45) is 17.2. The Labute approximate surface area is 323 Å². The summed E-state index contributed by atoms with van der Waals surface area (Å²) >= 11 is 0. The molecule has 0 saturated heterocycles. The second kappa shape index (κ2) is 30.7. The van der Waals surface area contributed by atoms with E-state index in [0.717, 1.165) is 19.3 Å². The van der Waals surface area contributed by atoms with Crippen molar-refractivity contribution >= 4 is 29.6 Å². The predicted molar refractivity (Wildman–Crippen MR) is 213 cm³/mol. The standard InChI is InChI=1S/C41H72N6O7/c1-3-4-5-6-7-8-9-10-11-12-13-14-18-27-36(49)44-33(25-19-21-28-42)38(50)47-37(31(2)48)40(52)46-35(30-32-23-16-15-17-24-32)39(51)45-34(41(53)54)26-20-22-29-43/h15-17,23-24,31,33-35,37,48H,3-14,18-22,25-30,42-43H2,1-2H3,(H,44,49)(H,45,51)(H,46,52)(H,47,50)(H,53,54). The Morgan fingerprint density at radius 3 is 1.57 bits per heavy atom. The first-order valence-corrected chi connectivity index (χ1v) is 20.6. The van der Waals surface area contributed by atoms with Crippen molar-refractivity contribution in [2.75, 3.05) is 13.1 Å². The summed E-state index contributed by atoms with van der Waals surface area (Å²) in [5.74, 6) is -3.66. The summed E-state index contributed by atoms with van der Waals surface area (Å²) < 4.78 is 0. The van der Waals surface area contributed by atoms with Crippen molar-refractivity contribution in [3.63, 3.8) is 0 Å². The summed E-state index contributed by atoms with van der Waals surface area (Å²) in [6.45, 7) is 4.38. The Balaban J connectivity index is 2.82. The third-order valence-electron chi connectivity index (χ3n) is 9.65. The van der Waals surface area contributed by atoms with E-state index >= 15 is 0 Å². The molecule has 0 saturated carbocycles. The number of aliphatic hydroxyl groups is 1. The fourth-order valence-corrected chi connectivity index (χ4v) is 6.33. The first-order chi connectivity index (χ1) is 26.0. The lowest BCUT2D eigenvalue weighted by Crippen LogP contribution is -2.60. The molecule has 0 aromatic heterocycles. The molecule has 5 atom stereocenters. The van der Waals surface area contributed by atoms with Gasteiger partial charge in [-0.25, -0.2) is 4.79 Å².